The van der Waals surface area contributed by atoms with E-state index in [1.54, 1.807) is 23.4 Å². The Morgan fingerprint density at radius 1 is 1.03 bits per heavy atom. The minimum Gasteiger partial charge on any atom is -0.321 e. The topological polar surface area (TPSA) is 92.3 Å². The first-order chi connectivity index (χ1) is 15.4. The number of carbonyl (C=O) groups is 1. The van der Waals surface area contributed by atoms with Gasteiger partial charge >= 0.3 is 0 Å². The Morgan fingerprint density at radius 3 is 2.38 bits per heavy atom. The van der Waals surface area contributed by atoms with Crippen LogP contribution in [0.4, 0.5) is 5.69 Å². The minimum absolute atomic E-state index is 0.231. The third-order valence-corrected chi connectivity index (χ3v) is 7.61. The summed E-state index contributed by atoms with van der Waals surface area (Å²) in [6.07, 6.45) is 4.20. The number of carbonyl (C=O) groups excluding carboxylic acids is 1. The van der Waals surface area contributed by atoms with Crippen molar-refractivity contribution in [3.05, 3.63) is 83.9 Å². The van der Waals surface area contributed by atoms with Crippen LogP contribution in [-0.2, 0) is 16.4 Å². The molecule has 1 aliphatic heterocycles. The predicted octanol–water partition coefficient (Wildman–Crippen LogP) is 3.68. The van der Waals surface area contributed by atoms with Crippen LogP contribution in [0, 0.1) is 12.8 Å². The van der Waals surface area contributed by atoms with Crippen LogP contribution in [0.15, 0.2) is 71.8 Å². The van der Waals surface area contributed by atoms with E-state index in [0.29, 0.717) is 30.5 Å². The van der Waals surface area contributed by atoms with Gasteiger partial charge in [0.15, 0.2) is 0 Å². The van der Waals surface area contributed by atoms with Crippen molar-refractivity contribution in [2.45, 2.75) is 31.1 Å². The second-order valence-corrected chi connectivity index (χ2v) is 9.94. The highest BCUT2D eigenvalue weighted by molar-refractivity contribution is 7.89. The molecule has 7 nitrogen and oxygen atoms in total. The molecule has 8 heteroatoms. The van der Waals surface area contributed by atoms with Crippen LogP contribution in [0.3, 0.4) is 0 Å². The molecule has 0 spiro atoms. The van der Waals surface area contributed by atoms with Gasteiger partial charge < -0.3 is 5.32 Å². The molecule has 1 N–H and O–H groups in total. The lowest BCUT2D eigenvalue weighted by Gasteiger charge is -2.31. The summed E-state index contributed by atoms with van der Waals surface area (Å²) in [5.74, 6) is 0.630. The molecular weight excluding hydrogens is 424 g/mol. The predicted molar refractivity (Wildman–Crippen MR) is 123 cm³/mol. The Bertz CT molecular complexity index is 1170. The summed E-state index contributed by atoms with van der Waals surface area (Å²) < 4.78 is 27.7. The molecule has 2 heterocycles. The van der Waals surface area contributed by atoms with Gasteiger partial charge in [-0.25, -0.2) is 18.4 Å². The summed E-state index contributed by atoms with van der Waals surface area (Å²) in [7, 11) is -3.56. The molecule has 0 radical (unpaired) electrons. The number of anilines is 1. The molecule has 166 valence electrons. The van der Waals surface area contributed by atoms with E-state index in [1.807, 2.05) is 18.2 Å². The average Bonchev–Trinajstić information content (AvgIpc) is 2.80. The third-order valence-electron chi connectivity index (χ3n) is 5.70. The van der Waals surface area contributed by atoms with Crippen molar-refractivity contribution in [1.29, 1.82) is 0 Å². The van der Waals surface area contributed by atoms with Gasteiger partial charge in [-0.05, 0) is 68.0 Å². The molecule has 2 aromatic carbocycles. The van der Waals surface area contributed by atoms with Crippen molar-refractivity contribution in [3.8, 4) is 0 Å². The molecule has 0 unspecified atom stereocenters. The lowest BCUT2D eigenvalue weighted by molar-refractivity contribution is 0.102. The van der Waals surface area contributed by atoms with E-state index in [4.69, 9.17) is 0 Å². The Balaban J connectivity index is 1.36. The number of rotatable bonds is 6. The van der Waals surface area contributed by atoms with Crippen molar-refractivity contribution < 1.29 is 13.2 Å². The third kappa shape index (κ3) is 5.20. The largest absolute Gasteiger partial charge is 0.321 e. The first-order valence-electron chi connectivity index (χ1n) is 10.7. The van der Waals surface area contributed by atoms with Gasteiger partial charge in [-0.15, -0.1) is 0 Å². The average molecular weight is 451 g/mol. The number of nitrogens with zero attached hydrogens (tertiary/aromatic N) is 3. The maximum absolute atomic E-state index is 13.1. The van der Waals surface area contributed by atoms with Gasteiger partial charge in [0.1, 0.15) is 11.5 Å². The Hall–Kier alpha value is -3.10. The molecule has 1 fully saturated rings. The van der Waals surface area contributed by atoms with Crippen LogP contribution in [0.2, 0.25) is 0 Å². The number of hydrogen-bond acceptors (Lipinski definition) is 5. The van der Waals surface area contributed by atoms with Gasteiger partial charge in [0.05, 0.1) is 4.90 Å². The fourth-order valence-corrected chi connectivity index (χ4v) is 5.41. The van der Waals surface area contributed by atoms with E-state index < -0.39 is 10.0 Å². The van der Waals surface area contributed by atoms with Gasteiger partial charge in [0.25, 0.3) is 5.91 Å². The van der Waals surface area contributed by atoms with Crippen molar-refractivity contribution in [1.82, 2.24) is 14.3 Å². The van der Waals surface area contributed by atoms with Gasteiger partial charge in [-0.3, -0.25) is 4.79 Å². The molecule has 32 heavy (non-hydrogen) atoms. The van der Waals surface area contributed by atoms with Gasteiger partial charge in [0, 0.05) is 25.0 Å². The fraction of sp³-hybridized carbons (Fsp3) is 0.292. The summed E-state index contributed by atoms with van der Waals surface area (Å²) in [5, 5.41) is 2.73. The summed E-state index contributed by atoms with van der Waals surface area (Å²) in [4.78, 5) is 20.6. The normalized spacial score (nSPS) is 15.4. The quantitative estimate of drug-likeness (QED) is 0.618. The standard InChI is InChI=1S/C24H26N4O3S/c1-18-25-14-11-23(26-18)24(29)27-21-7-9-22(10-8-21)32(30,31)28-15-12-20(13-16-28)17-19-5-3-2-4-6-19/h2-11,14,20H,12-13,15-17H2,1H3,(H,27,29). The summed E-state index contributed by atoms with van der Waals surface area (Å²) in [6, 6.07) is 18.1. The second-order valence-electron chi connectivity index (χ2n) is 8.00. The molecule has 3 aromatic rings. The van der Waals surface area contributed by atoms with E-state index in [-0.39, 0.29) is 16.5 Å². The number of sulfonamides is 1. The van der Waals surface area contributed by atoms with E-state index in [2.05, 4.69) is 27.4 Å². The van der Waals surface area contributed by atoms with Crippen molar-refractivity contribution in [2.24, 2.45) is 5.92 Å². The zero-order chi connectivity index (χ0) is 22.6. The van der Waals surface area contributed by atoms with Crippen LogP contribution in [0.1, 0.15) is 34.7 Å². The molecule has 0 aliphatic carbocycles. The molecule has 1 saturated heterocycles. The molecule has 4 rings (SSSR count). The number of aromatic nitrogens is 2. The second kappa shape index (κ2) is 9.58. The van der Waals surface area contributed by atoms with E-state index in [0.717, 1.165) is 19.3 Å². The van der Waals surface area contributed by atoms with Crippen molar-refractivity contribution in [3.63, 3.8) is 0 Å². The van der Waals surface area contributed by atoms with Crippen LogP contribution in [0.25, 0.3) is 0 Å². The molecule has 0 bridgehead atoms. The Labute approximate surface area is 188 Å². The Kier molecular flexibility index (Phi) is 6.62. The fourth-order valence-electron chi connectivity index (χ4n) is 3.94. The highest BCUT2D eigenvalue weighted by Crippen LogP contribution is 2.26. The van der Waals surface area contributed by atoms with Crippen molar-refractivity contribution in [2.75, 3.05) is 18.4 Å². The van der Waals surface area contributed by atoms with E-state index in [9.17, 15) is 13.2 Å². The number of aryl methyl sites for hydroxylation is 1. The Morgan fingerprint density at radius 2 is 1.72 bits per heavy atom. The van der Waals surface area contributed by atoms with Crippen LogP contribution < -0.4 is 5.32 Å². The summed E-state index contributed by atoms with van der Waals surface area (Å²) >= 11 is 0. The molecule has 1 aliphatic rings. The summed E-state index contributed by atoms with van der Waals surface area (Å²) in [6.45, 7) is 2.75. The van der Waals surface area contributed by atoms with Crippen LogP contribution in [0.5, 0.6) is 0 Å². The smallest absolute Gasteiger partial charge is 0.274 e. The minimum atomic E-state index is -3.56. The first-order valence-corrected chi connectivity index (χ1v) is 12.1. The lowest BCUT2D eigenvalue weighted by Crippen LogP contribution is -2.38. The molecular formula is C24H26N4O3S. The number of nitrogens with one attached hydrogen (secondary N) is 1. The number of amides is 1. The van der Waals surface area contributed by atoms with Crippen molar-refractivity contribution >= 4 is 21.6 Å². The zero-order valence-corrected chi connectivity index (χ0v) is 18.8. The molecule has 0 saturated carbocycles. The molecule has 0 atom stereocenters. The molecule has 1 aromatic heterocycles. The number of benzene rings is 2. The lowest BCUT2D eigenvalue weighted by atomic mass is 9.91. The van der Waals surface area contributed by atoms with Crippen LogP contribution in [-0.4, -0.2) is 41.7 Å². The maximum atomic E-state index is 13.1. The molecule has 1 amide bonds. The zero-order valence-electron chi connectivity index (χ0n) is 17.9. The highest BCUT2D eigenvalue weighted by Gasteiger charge is 2.29. The maximum Gasteiger partial charge on any atom is 0.274 e. The number of piperidine rings is 1. The van der Waals surface area contributed by atoms with E-state index in [1.165, 1.54) is 30.0 Å². The monoisotopic (exact) mass is 450 g/mol. The van der Waals surface area contributed by atoms with Gasteiger partial charge in [-0.1, -0.05) is 30.3 Å². The summed E-state index contributed by atoms with van der Waals surface area (Å²) in [5.41, 5.74) is 2.06. The van der Waals surface area contributed by atoms with Crippen LogP contribution >= 0.6 is 0 Å². The SMILES string of the molecule is Cc1nccc(C(=O)Nc2ccc(S(=O)(=O)N3CCC(Cc4ccccc4)CC3)cc2)n1. The van der Waals surface area contributed by atoms with Gasteiger partial charge in [0.2, 0.25) is 10.0 Å². The van der Waals surface area contributed by atoms with E-state index >= 15 is 0 Å². The number of hydrogen-bond donors (Lipinski definition) is 1. The van der Waals surface area contributed by atoms with Gasteiger partial charge in [-0.2, -0.15) is 4.31 Å². The highest BCUT2D eigenvalue weighted by atomic mass is 32.2. The first kappa shape index (κ1) is 22.1.